The number of aryl methyl sites for hydroxylation is 2. The van der Waals surface area contributed by atoms with Crippen molar-refractivity contribution in [1.29, 1.82) is 0 Å². The number of carbonyl (C=O) groups is 1. The van der Waals surface area contributed by atoms with Gasteiger partial charge in [-0.3, -0.25) is 14.2 Å². The van der Waals surface area contributed by atoms with Crippen LogP contribution in [0.3, 0.4) is 0 Å². The van der Waals surface area contributed by atoms with Crippen molar-refractivity contribution in [3.8, 4) is 0 Å². The number of benzene rings is 2. The third-order valence-electron chi connectivity index (χ3n) is 5.18. The highest BCUT2D eigenvalue weighted by molar-refractivity contribution is 6.01. The minimum absolute atomic E-state index is 0.0335. The minimum Gasteiger partial charge on any atom is -0.296 e. The van der Waals surface area contributed by atoms with E-state index in [0.29, 0.717) is 23.0 Å². The first-order chi connectivity index (χ1) is 13.6. The van der Waals surface area contributed by atoms with Gasteiger partial charge in [-0.25, -0.2) is 10.4 Å². The SMILES string of the molecule is CCc1ccc(/C(C)=N\NC(=O)c2ccc3c(=O)n4c(nc3c2)CCC4)cc1. The summed E-state index contributed by atoms with van der Waals surface area (Å²) >= 11 is 0. The molecule has 0 atom stereocenters. The lowest BCUT2D eigenvalue weighted by Gasteiger charge is -2.07. The molecule has 0 saturated carbocycles. The second-order valence-electron chi connectivity index (χ2n) is 7.01. The molecule has 1 aliphatic rings. The summed E-state index contributed by atoms with van der Waals surface area (Å²) in [5.41, 5.74) is 6.49. The van der Waals surface area contributed by atoms with Crippen molar-refractivity contribution in [2.75, 3.05) is 0 Å². The Kier molecular flexibility index (Phi) is 4.77. The topological polar surface area (TPSA) is 76.3 Å². The molecule has 2 aromatic carbocycles. The molecule has 142 valence electrons. The van der Waals surface area contributed by atoms with Crippen molar-refractivity contribution in [2.45, 2.75) is 39.7 Å². The maximum atomic E-state index is 12.5. The zero-order valence-corrected chi connectivity index (χ0v) is 16.0. The minimum atomic E-state index is -0.325. The molecule has 3 aromatic rings. The Hall–Kier alpha value is -3.28. The summed E-state index contributed by atoms with van der Waals surface area (Å²) in [6.07, 6.45) is 2.71. The lowest BCUT2D eigenvalue weighted by atomic mass is 10.1. The first-order valence-corrected chi connectivity index (χ1v) is 9.54. The monoisotopic (exact) mass is 374 g/mol. The van der Waals surface area contributed by atoms with Crippen LogP contribution < -0.4 is 11.0 Å². The Bertz CT molecular complexity index is 1140. The third kappa shape index (κ3) is 3.33. The Labute approximate surface area is 162 Å². The molecule has 6 nitrogen and oxygen atoms in total. The molecule has 0 unspecified atom stereocenters. The Morgan fingerprint density at radius 2 is 1.93 bits per heavy atom. The molecule has 0 bridgehead atoms. The standard InChI is InChI=1S/C22H22N4O2/c1-3-15-6-8-16(9-7-15)14(2)24-25-21(27)17-10-11-18-19(13-17)23-20-5-4-12-26(20)22(18)28/h6-11,13H,3-5,12H2,1-2H3,(H,25,27)/b24-14-. The molecule has 0 radical (unpaired) electrons. The van der Waals surface area contributed by atoms with Crippen LogP contribution in [0, 0.1) is 0 Å². The molecule has 1 amide bonds. The normalized spacial score (nSPS) is 13.6. The number of fused-ring (bicyclic) bond motifs is 2. The van der Waals surface area contributed by atoms with Crippen molar-refractivity contribution in [3.05, 3.63) is 75.3 Å². The molecule has 0 fully saturated rings. The Morgan fingerprint density at radius 3 is 2.68 bits per heavy atom. The van der Waals surface area contributed by atoms with E-state index >= 15 is 0 Å². The molecule has 4 rings (SSSR count). The molecule has 1 aliphatic heterocycles. The van der Waals surface area contributed by atoms with Crippen LogP contribution in [0.4, 0.5) is 0 Å². The maximum absolute atomic E-state index is 12.5. The van der Waals surface area contributed by atoms with Crippen molar-refractivity contribution in [2.24, 2.45) is 5.10 Å². The summed E-state index contributed by atoms with van der Waals surface area (Å²) < 4.78 is 1.72. The number of hydrogen-bond acceptors (Lipinski definition) is 4. The van der Waals surface area contributed by atoms with Crippen molar-refractivity contribution in [1.82, 2.24) is 15.0 Å². The number of carbonyl (C=O) groups excluding carboxylic acids is 1. The van der Waals surface area contributed by atoms with Gasteiger partial charge < -0.3 is 0 Å². The average Bonchev–Trinajstić information content (AvgIpc) is 3.20. The van der Waals surface area contributed by atoms with E-state index in [1.807, 2.05) is 19.1 Å². The summed E-state index contributed by atoms with van der Waals surface area (Å²) in [5, 5.41) is 4.75. The number of aromatic nitrogens is 2. The molecule has 0 spiro atoms. The highest BCUT2D eigenvalue weighted by Gasteiger charge is 2.17. The zero-order chi connectivity index (χ0) is 19.7. The lowest BCUT2D eigenvalue weighted by Crippen LogP contribution is -2.22. The van der Waals surface area contributed by atoms with Gasteiger partial charge in [0.25, 0.3) is 11.5 Å². The molecule has 6 heteroatoms. The number of amides is 1. The second kappa shape index (κ2) is 7.38. The van der Waals surface area contributed by atoms with Crippen molar-refractivity contribution >= 4 is 22.5 Å². The number of nitrogens with one attached hydrogen (secondary N) is 1. The fourth-order valence-corrected chi connectivity index (χ4v) is 3.47. The van der Waals surface area contributed by atoms with E-state index in [2.05, 4.69) is 34.6 Å². The maximum Gasteiger partial charge on any atom is 0.271 e. The van der Waals surface area contributed by atoms with Gasteiger partial charge in [0.05, 0.1) is 16.6 Å². The van der Waals surface area contributed by atoms with Crippen LogP contribution in [0.2, 0.25) is 0 Å². The van der Waals surface area contributed by atoms with Crippen LogP contribution in [0.5, 0.6) is 0 Å². The Balaban J connectivity index is 1.56. The Morgan fingerprint density at radius 1 is 1.18 bits per heavy atom. The molecule has 1 N–H and O–H groups in total. The third-order valence-corrected chi connectivity index (χ3v) is 5.18. The van der Waals surface area contributed by atoms with Gasteiger partial charge in [0, 0.05) is 18.5 Å². The van der Waals surface area contributed by atoms with Crippen LogP contribution >= 0.6 is 0 Å². The largest absolute Gasteiger partial charge is 0.296 e. The molecule has 0 aliphatic carbocycles. The van der Waals surface area contributed by atoms with Crippen LogP contribution in [0.15, 0.2) is 52.4 Å². The van der Waals surface area contributed by atoms with Crippen LogP contribution in [-0.2, 0) is 19.4 Å². The van der Waals surface area contributed by atoms with Gasteiger partial charge >= 0.3 is 0 Å². The van der Waals surface area contributed by atoms with E-state index in [-0.39, 0.29) is 11.5 Å². The van der Waals surface area contributed by atoms with Gasteiger partial charge in [-0.05, 0) is 49.1 Å². The predicted octanol–water partition coefficient (Wildman–Crippen LogP) is 3.06. The number of rotatable bonds is 4. The summed E-state index contributed by atoms with van der Waals surface area (Å²) in [6, 6.07) is 13.1. The smallest absolute Gasteiger partial charge is 0.271 e. The number of hydrogen-bond donors (Lipinski definition) is 1. The fourth-order valence-electron chi connectivity index (χ4n) is 3.47. The fraction of sp³-hybridized carbons (Fsp3) is 0.273. The van der Waals surface area contributed by atoms with Gasteiger partial charge in [0.1, 0.15) is 5.82 Å². The number of hydrazone groups is 1. The zero-order valence-electron chi connectivity index (χ0n) is 16.0. The van der Waals surface area contributed by atoms with Crippen LogP contribution in [-0.4, -0.2) is 21.2 Å². The molecular weight excluding hydrogens is 352 g/mol. The first kappa shape index (κ1) is 18.1. The van der Waals surface area contributed by atoms with Gasteiger partial charge in [0.15, 0.2) is 0 Å². The molecule has 1 aromatic heterocycles. The second-order valence-corrected chi connectivity index (χ2v) is 7.01. The van der Waals surface area contributed by atoms with Crippen LogP contribution in [0.1, 0.15) is 47.6 Å². The summed E-state index contributed by atoms with van der Waals surface area (Å²) in [7, 11) is 0. The average molecular weight is 374 g/mol. The predicted molar refractivity (Wildman–Crippen MR) is 110 cm³/mol. The first-order valence-electron chi connectivity index (χ1n) is 9.54. The molecular formula is C22H22N4O2. The summed E-state index contributed by atoms with van der Waals surface area (Å²) in [6.45, 7) is 4.68. The van der Waals surface area contributed by atoms with E-state index in [0.717, 1.165) is 36.4 Å². The lowest BCUT2D eigenvalue weighted by molar-refractivity contribution is 0.0955. The van der Waals surface area contributed by atoms with E-state index in [1.54, 1.807) is 22.8 Å². The van der Waals surface area contributed by atoms with Gasteiger partial charge in [-0.1, -0.05) is 31.2 Å². The summed E-state index contributed by atoms with van der Waals surface area (Å²) in [5.74, 6) is 0.466. The number of nitrogens with zero attached hydrogens (tertiary/aromatic N) is 3. The van der Waals surface area contributed by atoms with Gasteiger partial charge in [-0.15, -0.1) is 0 Å². The summed E-state index contributed by atoms with van der Waals surface area (Å²) in [4.78, 5) is 29.6. The van der Waals surface area contributed by atoms with E-state index < -0.39 is 0 Å². The van der Waals surface area contributed by atoms with E-state index in [4.69, 9.17) is 0 Å². The van der Waals surface area contributed by atoms with Crippen molar-refractivity contribution in [3.63, 3.8) is 0 Å². The molecule has 2 heterocycles. The molecule has 0 saturated heterocycles. The van der Waals surface area contributed by atoms with E-state index in [9.17, 15) is 9.59 Å². The highest BCUT2D eigenvalue weighted by Crippen LogP contribution is 2.16. The van der Waals surface area contributed by atoms with E-state index in [1.165, 1.54) is 5.56 Å². The molecule has 28 heavy (non-hydrogen) atoms. The van der Waals surface area contributed by atoms with Gasteiger partial charge in [0.2, 0.25) is 0 Å². The quantitative estimate of drug-likeness (QED) is 0.563. The van der Waals surface area contributed by atoms with Gasteiger partial charge in [-0.2, -0.15) is 5.10 Å². The van der Waals surface area contributed by atoms with Crippen LogP contribution in [0.25, 0.3) is 10.9 Å². The van der Waals surface area contributed by atoms with Crippen molar-refractivity contribution < 1.29 is 4.79 Å². The highest BCUT2D eigenvalue weighted by atomic mass is 16.2.